The van der Waals surface area contributed by atoms with E-state index in [1.54, 1.807) is 31.4 Å². The third kappa shape index (κ3) is 5.03. The highest BCUT2D eigenvalue weighted by atomic mass is 16.6. The largest absolute Gasteiger partial charge is 0.497 e. The van der Waals surface area contributed by atoms with E-state index in [9.17, 15) is 19.8 Å². The fourth-order valence-electron chi connectivity index (χ4n) is 3.13. The van der Waals surface area contributed by atoms with Crippen LogP contribution in [0.25, 0.3) is 10.4 Å². The van der Waals surface area contributed by atoms with Crippen molar-refractivity contribution in [3.05, 3.63) is 40.3 Å². The van der Waals surface area contributed by atoms with Gasteiger partial charge < -0.3 is 29.7 Å². The fraction of sp³-hybridized carbons (Fsp3) is 0.556. The third-order valence-electron chi connectivity index (χ3n) is 4.67. The van der Waals surface area contributed by atoms with Gasteiger partial charge in [0.25, 0.3) is 0 Å². The molecule has 0 aliphatic carbocycles. The summed E-state index contributed by atoms with van der Waals surface area (Å²) in [6.07, 6.45) is -4.32. The highest BCUT2D eigenvalue weighted by Gasteiger charge is 2.58. The number of aliphatic hydroxyl groups excluding tert-OH is 1. The number of Topliss-reactive ketones (excluding diaryl/α,β-unsaturated/α-hetero) is 1. The van der Waals surface area contributed by atoms with E-state index in [0.29, 0.717) is 5.75 Å². The molecule has 1 aliphatic heterocycles. The van der Waals surface area contributed by atoms with Gasteiger partial charge in [0, 0.05) is 11.8 Å². The van der Waals surface area contributed by atoms with Crippen molar-refractivity contribution >= 4 is 11.7 Å². The van der Waals surface area contributed by atoms with Crippen LogP contribution in [0, 0.1) is 0 Å². The minimum atomic E-state index is -2.42. The first-order chi connectivity index (χ1) is 13.7. The van der Waals surface area contributed by atoms with Gasteiger partial charge in [0.2, 0.25) is 5.91 Å². The summed E-state index contributed by atoms with van der Waals surface area (Å²) >= 11 is 0. The maximum Gasteiger partial charge on any atom is 0.217 e. The number of hydrogen-bond donors (Lipinski definition) is 3. The Morgan fingerprint density at radius 1 is 1.34 bits per heavy atom. The van der Waals surface area contributed by atoms with Gasteiger partial charge >= 0.3 is 0 Å². The number of amides is 1. The molecule has 1 fully saturated rings. The number of nitrogens with zero attached hydrogens (tertiary/aromatic N) is 3. The predicted molar refractivity (Wildman–Crippen MR) is 99.7 cm³/mol. The summed E-state index contributed by atoms with van der Waals surface area (Å²) in [5.41, 5.74) is 7.19. The van der Waals surface area contributed by atoms with Crippen molar-refractivity contribution in [2.24, 2.45) is 5.11 Å². The van der Waals surface area contributed by atoms with Gasteiger partial charge in [0.1, 0.15) is 18.0 Å². The molecule has 1 amide bonds. The first-order valence-corrected chi connectivity index (χ1v) is 8.83. The van der Waals surface area contributed by atoms with Gasteiger partial charge in [-0.25, -0.2) is 0 Å². The highest BCUT2D eigenvalue weighted by molar-refractivity contribution is 5.88. The SMILES string of the molecule is COc1ccc(COC[C@H]2O[C@@H](N=[N+]=[N-])[C@H](NC(C)=O)[C@](O)(C(C)=O)[C@@H]2O)cc1. The number of carbonyl (C=O) groups excluding carboxylic acids is 2. The molecule has 0 spiro atoms. The Labute approximate surface area is 167 Å². The Bertz CT molecular complexity index is 781. The van der Waals surface area contributed by atoms with Crippen molar-refractivity contribution in [1.82, 2.24) is 5.32 Å². The van der Waals surface area contributed by atoms with Crippen molar-refractivity contribution in [2.45, 2.75) is 50.5 Å². The summed E-state index contributed by atoms with van der Waals surface area (Å²) in [6, 6.07) is 5.64. The summed E-state index contributed by atoms with van der Waals surface area (Å²) in [5.74, 6) is -0.726. The number of rotatable bonds is 8. The van der Waals surface area contributed by atoms with Crippen molar-refractivity contribution in [3.63, 3.8) is 0 Å². The van der Waals surface area contributed by atoms with Gasteiger partial charge in [0.05, 0.1) is 26.4 Å². The van der Waals surface area contributed by atoms with Gasteiger partial charge in [0.15, 0.2) is 17.6 Å². The number of azide groups is 1. The molecule has 11 nitrogen and oxygen atoms in total. The monoisotopic (exact) mass is 408 g/mol. The van der Waals surface area contributed by atoms with Gasteiger partial charge in [-0.15, -0.1) is 0 Å². The first kappa shape index (κ1) is 22.6. The maximum atomic E-state index is 12.2. The molecule has 0 unspecified atom stereocenters. The van der Waals surface area contributed by atoms with E-state index in [-0.39, 0.29) is 13.2 Å². The Balaban J connectivity index is 2.16. The lowest BCUT2D eigenvalue weighted by molar-refractivity contribution is -0.235. The van der Waals surface area contributed by atoms with E-state index in [1.807, 2.05) is 0 Å². The van der Waals surface area contributed by atoms with E-state index in [1.165, 1.54) is 0 Å². The minimum Gasteiger partial charge on any atom is -0.497 e. The number of benzene rings is 1. The quantitative estimate of drug-likeness (QED) is 0.319. The first-order valence-electron chi connectivity index (χ1n) is 8.83. The molecule has 1 heterocycles. The molecule has 158 valence electrons. The second kappa shape index (κ2) is 9.68. The Morgan fingerprint density at radius 3 is 2.52 bits per heavy atom. The second-order valence-corrected chi connectivity index (χ2v) is 6.64. The van der Waals surface area contributed by atoms with Crippen LogP contribution >= 0.6 is 0 Å². The van der Waals surface area contributed by atoms with E-state index in [4.69, 9.17) is 19.7 Å². The van der Waals surface area contributed by atoms with E-state index in [2.05, 4.69) is 15.3 Å². The summed E-state index contributed by atoms with van der Waals surface area (Å²) in [6.45, 7) is 2.18. The molecule has 1 aromatic rings. The molecule has 0 radical (unpaired) electrons. The van der Waals surface area contributed by atoms with Crippen molar-refractivity contribution in [1.29, 1.82) is 0 Å². The normalized spacial score (nSPS) is 28.9. The zero-order valence-corrected chi connectivity index (χ0v) is 16.3. The number of carbonyl (C=O) groups is 2. The van der Waals surface area contributed by atoms with Crippen LogP contribution in [0.15, 0.2) is 29.4 Å². The molecule has 5 atom stereocenters. The Morgan fingerprint density at radius 2 is 2.00 bits per heavy atom. The lowest BCUT2D eigenvalue weighted by Gasteiger charge is -2.48. The Hall–Kier alpha value is -2.69. The fourth-order valence-corrected chi connectivity index (χ4v) is 3.13. The van der Waals surface area contributed by atoms with Crippen LogP contribution in [0.3, 0.4) is 0 Å². The molecule has 1 saturated heterocycles. The number of aliphatic hydroxyl groups is 2. The smallest absolute Gasteiger partial charge is 0.217 e. The number of nitrogens with one attached hydrogen (secondary N) is 1. The van der Waals surface area contributed by atoms with Gasteiger partial charge in [-0.2, -0.15) is 0 Å². The number of ketones is 1. The van der Waals surface area contributed by atoms with Crippen LogP contribution in [0.4, 0.5) is 0 Å². The summed E-state index contributed by atoms with van der Waals surface area (Å²) in [7, 11) is 1.55. The zero-order valence-electron chi connectivity index (χ0n) is 16.3. The molecule has 29 heavy (non-hydrogen) atoms. The topological polar surface area (TPSA) is 163 Å². The van der Waals surface area contributed by atoms with Crippen LogP contribution in [0.1, 0.15) is 19.4 Å². The lowest BCUT2D eigenvalue weighted by atomic mass is 9.79. The number of hydrogen-bond acceptors (Lipinski definition) is 8. The van der Waals surface area contributed by atoms with E-state index >= 15 is 0 Å². The van der Waals surface area contributed by atoms with E-state index in [0.717, 1.165) is 19.4 Å². The molecule has 11 heteroatoms. The van der Waals surface area contributed by atoms with Crippen LogP contribution in [0.5, 0.6) is 5.75 Å². The summed E-state index contributed by atoms with van der Waals surface area (Å²) < 4.78 is 16.2. The maximum absolute atomic E-state index is 12.2. The van der Waals surface area contributed by atoms with Gasteiger partial charge in [-0.3, -0.25) is 9.59 Å². The Kier molecular flexibility index (Phi) is 7.54. The molecule has 3 N–H and O–H groups in total. The number of ether oxygens (including phenoxy) is 3. The molecule has 0 aromatic heterocycles. The van der Waals surface area contributed by atoms with Gasteiger partial charge in [-0.05, 0) is 30.2 Å². The molecule has 0 saturated carbocycles. The highest BCUT2D eigenvalue weighted by Crippen LogP contribution is 2.32. The second-order valence-electron chi connectivity index (χ2n) is 6.64. The van der Waals surface area contributed by atoms with Gasteiger partial charge in [-0.1, -0.05) is 17.2 Å². The minimum absolute atomic E-state index is 0.163. The zero-order chi connectivity index (χ0) is 21.6. The van der Waals surface area contributed by atoms with Crippen molar-refractivity contribution < 1.29 is 34.0 Å². The molecule has 1 aromatic carbocycles. The standard InChI is InChI=1S/C18H24N4O7/c1-10(23)18(26)15(20-11(2)24)17(21-22-19)29-14(16(18)25)9-28-8-12-4-6-13(27-3)7-5-12/h4-7,14-17,25-26H,8-9H2,1-3H3,(H,20,24)/t14-,15+,16-,17-,18-/m1/s1. The van der Waals surface area contributed by atoms with Crippen LogP contribution < -0.4 is 10.1 Å². The average molecular weight is 408 g/mol. The lowest BCUT2D eigenvalue weighted by Crippen LogP contribution is -2.73. The average Bonchev–Trinajstić information content (AvgIpc) is 2.69. The molecular formula is C18H24N4O7. The molecule has 1 aliphatic rings. The third-order valence-corrected chi connectivity index (χ3v) is 4.67. The van der Waals surface area contributed by atoms with Crippen LogP contribution in [0.2, 0.25) is 0 Å². The van der Waals surface area contributed by atoms with Crippen LogP contribution in [-0.2, 0) is 25.7 Å². The molecule has 2 rings (SSSR count). The predicted octanol–water partition coefficient (Wildman–Crippen LogP) is 0.433. The number of methoxy groups -OCH3 is 1. The van der Waals surface area contributed by atoms with E-state index < -0.39 is 41.8 Å². The van der Waals surface area contributed by atoms with Crippen LogP contribution in [-0.4, -0.2) is 65.7 Å². The van der Waals surface area contributed by atoms with Crippen molar-refractivity contribution in [3.8, 4) is 5.75 Å². The molecular weight excluding hydrogens is 384 g/mol. The van der Waals surface area contributed by atoms with Crippen molar-refractivity contribution in [2.75, 3.05) is 13.7 Å². The summed E-state index contributed by atoms with van der Waals surface area (Å²) in [4.78, 5) is 26.3. The molecule has 0 bridgehead atoms. The summed E-state index contributed by atoms with van der Waals surface area (Å²) in [5, 5.41) is 27.3.